The molecule has 0 unspecified atom stereocenters. The van der Waals surface area contributed by atoms with Crippen LogP contribution in [0.3, 0.4) is 0 Å². The lowest BCUT2D eigenvalue weighted by molar-refractivity contribution is 0.669. The molecule has 3 aromatic heterocycles. The minimum Gasteiger partial charge on any atom is -0.456 e. The zero-order valence-electron chi connectivity index (χ0n) is 42.6. The molecule has 0 amide bonds. The van der Waals surface area contributed by atoms with Gasteiger partial charge >= 0.3 is 0 Å². The number of fused-ring (bicyclic) bond motifs is 13. The molecule has 3 heteroatoms. The summed E-state index contributed by atoms with van der Waals surface area (Å²) in [5.41, 5.74) is 16.4. The van der Waals surface area contributed by atoms with Crippen molar-refractivity contribution < 1.29 is 4.42 Å². The summed E-state index contributed by atoms with van der Waals surface area (Å²) in [7, 11) is 0. The molecule has 17 rings (SSSR count). The van der Waals surface area contributed by atoms with Crippen LogP contribution in [0.4, 0.5) is 0 Å². The van der Waals surface area contributed by atoms with Gasteiger partial charge in [0, 0.05) is 51.1 Å². The molecule has 3 heterocycles. The molecule has 0 aliphatic rings. The molecular weight excluding hydrogens is 993 g/mol. The third-order valence-electron chi connectivity index (χ3n) is 16.6. The lowest BCUT2D eigenvalue weighted by Crippen LogP contribution is -1.91. The van der Waals surface area contributed by atoms with E-state index in [0.717, 1.165) is 33.1 Å². The molecule has 366 valence electrons. The fourth-order valence-electron chi connectivity index (χ4n) is 13.2. The van der Waals surface area contributed by atoms with Crippen LogP contribution in [0.25, 0.3) is 172 Å². The maximum atomic E-state index is 6.87. The molecule has 0 atom stereocenters. The molecule has 0 saturated heterocycles. The highest BCUT2D eigenvalue weighted by Gasteiger charge is 2.23. The maximum absolute atomic E-state index is 6.87. The number of rotatable bonds is 6. The summed E-state index contributed by atoms with van der Waals surface area (Å²) in [5.74, 6) is 0. The summed E-state index contributed by atoms with van der Waals surface area (Å²) in [6, 6.07) is 99.0. The van der Waals surface area contributed by atoms with Crippen molar-refractivity contribution in [3.8, 4) is 66.8 Å². The summed E-state index contributed by atoms with van der Waals surface area (Å²) >= 11 is 3.74. The van der Waals surface area contributed by atoms with Gasteiger partial charge in [0.1, 0.15) is 11.2 Å². The van der Waals surface area contributed by atoms with Gasteiger partial charge in [-0.2, -0.15) is 0 Å². The van der Waals surface area contributed by atoms with Crippen LogP contribution < -0.4 is 0 Å². The van der Waals surface area contributed by atoms with E-state index in [1.165, 1.54) is 139 Å². The second-order valence-corrected chi connectivity index (χ2v) is 23.1. The molecule has 0 aliphatic carbocycles. The summed E-state index contributed by atoms with van der Waals surface area (Å²) in [5, 5.41) is 17.2. The van der Waals surface area contributed by atoms with Gasteiger partial charge in [-0.05, 0) is 177 Å². The first kappa shape index (κ1) is 44.5. The predicted molar refractivity (Wildman–Crippen MR) is 342 cm³/mol. The first-order valence-corrected chi connectivity index (χ1v) is 28.7. The smallest absolute Gasteiger partial charge is 0.136 e. The highest BCUT2D eigenvalue weighted by atomic mass is 32.1. The average molecular weight is 1040 g/mol. The van der Waals surface area contributed by atoms with Crippen molar-refractivity contribution in [2.45, 2.75) is 0 Å². The van der Waals surface area contributed by atoms with Crippen LogP contribution in [0.1, 0.15) is 0 Å². The van der Waals surface area contributed by atoms with Crippen LogP contribution in [0.15, 0.2) is 271 Å². The maximum Gasteiger partial charge on any atom is 0.136 e. The van der Waals surface area contributed by atoms with Crippen LogP contribution in [0, 0.1) is 0 Å². The van der Waals surface area contributed by atoms with Gasteiger partial charge < -0.3 is 4.42 Å². The molecule has 79 heavy (non-hydrogen) atoms. The summed E-state index contributed by atoms with van der Waals surface area (Å²) in [6.45, 7) is 0. The van der Waals surface area contributed by atoms with E-state index in [-0.39, 0.29) is 0 Å². The van der Waals surface area contributed by atoms with E-state index >= 15 is 0 Å². The minimum atomic E-state index is 0.875. The minimum absolute atomic E-state index is 0.875. The lowest BCUT2D eigenvalue weighted by Gasteiger charge is -2.19. The lowest BCUT2D eigenvalue weighted by atomic mass is 9.84. The zero-order valence-corrected chi connectivity index (χ0v) is 44.3. The van der Waals surface area contributed by atoms with Crippen molar-refractivity contribution in [2.75, 3.05) is 0 Å². The Kier molecular flexibility index (Phi) is 9.82. The van der Waals surface area contributed by atoms with Gasteiger partial charge in [-0.3, -0.25) is 0 Å². The van der Waals surface area contributed by atoms with Gasteiger partial charge in [0.2, 0.25) is 0 Å². The van der Waals surface area contributed by atoms with Crippen molar-refractivity contribution in [1.29, 1.82) is 0 Å². The molecule has 0 spiro atoms. The van der Waals surface area contributed by atoms with Gasteiger partial charge in [0.05, 0.1) is 0 Å². The van der Waals surface area contributed by atoms with Gasteiger partial charge in [0.25, 0.3) is 0 Å². The zero-order chi connectivity index (χ0) is 51.7. The van der Waals surface area contributed by atoms with Crippen molar-refractivity contribution >= 4 is 128 Å². The van der Waals surface area contributed by atoms with E-state index in [2.05, 4.69) is 267 Å². The Morgan fingerprint density at radius 2 is 0.532 bits per heavy atom. The molecule has 0 fully saturated rings. The van der Waals surface area contributed by atoms with Crippen LogP contribution in [-0.4, -0.2) is 0 Å². The Balaban J connectivity index is 0.850. The fourth-order valence-corrected chi connectivity index (χ4v) is 15.3. The predicted octanol–water partition coefficient (Wildman–Crippen LogP) is 22.9. The monoisotopic (exact) mass is 1040 g/mol. The van der Waals surface area contributed by atoms with E-state index in [1.807, 2.05) is 22.7 Å². The van der Waals surface area contributed by atoms with Crippen LogP contribution >= 0.6 is 22.7 Å². The van der Waals surface area contributed by atoms with E-state index in [1.54, 1.807) is 0 Å². The summed E-state index contributed by atoms with van der Waals surface area (Å²) < 4.78 is 12.1. The van der Waals surface area contributed by atoms with Crippen molar-refractivity contribution in [3.05, 3.63) is 267 Å². The Labute approximate surface area is 463 Å². The number of hydrogen-bond acceptors (Lipinski definition) is 3. The van der Waals surface area contributed by atoms with Crippen LogP contribution in [0.2, 0.25) is 0 Å². The Morgan fingerprint density at radius 3 is 0.937 bits per heavy atom. The van der Waals surface area contributed by atoms with Crippen molar-refractivity contribution in [3.63, 3.8) is 0 Å². The standard InChI is InChI=1S/C76H44OS2/c1-3-16-45(17-4-1)47-31-36-68-61(40-47)63-42-50(33-38-70(63)78-68)73-54-22-9-7-20-52(54)72(53-21-8-10-23-55(53)73)49-30-35-66-65(44-49)76-60(28-15-29-67(76)77-66)75-58-26-13-11-24-56(58)74(57-25-12-14-27-59(57)75)51-34-39-71-64(43-51)62-41-48(32-37-69(62)79-71)46-18-5-2-6-19-46/h1-44H. The normalized spacial score (nSPS) is 12.1. The first-order chi connectivity index (χ1) is 39.2. The molecule has 0 bridgehead atoms. The highest BCUT2D eigenvalue weighted by molar-refractivity contribution is 7.26. The first-order valence-electron chi connectivity index (χ1n) is 27.0. The van der Waals surface area contributed by atoms with Crippen molar-refractivity contribution in [2.24, 2.45) is 0 Å². The van der Waals surface area contributed by atoms with E-state index < -0.39 is 0 Å². The molecular formula is C76H44OS2. The average Bonchev–Trinajstić information content (AvgIpc) is 4.39. The second-order valence-electron chi connectivity index (χ2n) is 21.0. The second kappa shape index (κ2) is 17.4. The Bertz CT molecular complexity index is 5250. The third-order valence-corrected chi connectivity index (χ3v) is 18.9. The Morgan fingerprint density at radius 1 is 0.203 bits per heavy atom. The van der Waals surface area contributed by atoms with E-state index in [9.17, 15) is 0 Å². The van der Waals surface area contributed by atoms with E-state index in [0.29, 0.717) is 0 Å². The van der Waals surface area contributed by atoms with Gasteiger partial charge in [0.15, 0.2) is 0 Å². The Hall–Kier alpha value is -9.64. The van der Waals surface area contributed by atoms with E-state index in [4.69, 9.17) is 4.42 Å². The topological polar surface area (TPSA) is 13.1 Å². The van der Waals surface area contributed by atoms with Crippen molar-refractivity contribution in [1.82, 2.24) is 0 Å². The molecule has 0 radical (unpaired) electrons. The summed E-state index contributed by atoms with van der Waals surface area (Å²) in [6.07, 6.45) is 0. The molecule has 14 aromatic carbocycles. The number of hydrogen-bond donors (Lipinski definition) is 0. The fraction of sp³-hybridized carbons (Fsp3) is 0. The molecule has 0 saturated carbocycles. The van der Waals surface area contributed by atoms with Gasteiger partial charge in [-0.15, -0.1) is 22.7 Å². The number of benzene rings is 14. The SMILES string of the molecule is c1ccc(-c2ccc3sc4ccc(-c5c6ccccc6c(-c6ccc7oc8cccc(-c9c%10ccccc%10c(-c%10ccc%11sc%12ccc(-c%13ccccc%13)cc%12c%11c%10)c%10ccccc9%10)c8c7c6)c6ccccc56)cc4c3c2)cc1. The third kappa shape index (κ3) is 6.87. The van der Waals surface area contributed by atoms with Crippen LogP contribution in [-0.2, 0) is 0 Å². The molecule has 1 nitrogen and oxygen atoms in total. The van der Waals surface area contributed by atoms with Gasteiger partial charge in [-0.25, -0.2) is 0 Å². The molecule has 0 N–H and O–H groups in total. The largest absolute Gasteiger partial charge is 0.456 e. The number of furan rings is 1. The number of thiophene rings is 2. The summed E-state index contributed by atoms with van der Waals surface area (Å²) in [4.78, 5) is 0. The molecule has 17 aromatic rings. The highest BCUT2D eigenvalue weighted by Crippen LogP contribution is 2.51. The van der Waals surface area contributed by atoms with Crippen LogP contribution in [0.5, 0.6) is 0 Å². The molecule has 0 aliphatic heterocycles. The van der Waals surface area contributed by atoms with Gasteiger partial charge in [-0.1, -0.05) is 200 Å². The quantitative estimate of drug-likeness (QED) is 0.151.